The molecule has 2 aromatic rings. The Morgan fingerprint density at radius 2 is 1.83 bits per heavy atom. The van der Waals surface area contributed by atoms with Gasteiger partial charge in [-0.2, -0.15) is 0 Å². The highest BCUT2D eigenvalue weighted by molar-refractivity contribution is 5.85. The molecule has 1 amide bonds. The summed E-state index contributed by atoms with van der Waals surface area (Å²) in [6.07, 6.45) is 8.41. The Labute approximate surface area is 185 Å². The van der Waals surface area contributed by atoms with Crippen molar-refractivity contribution in [2.45, 2.75) is 64.0 Å². The van der Waals surface area contributed by atoms with Crippen LogP contribution in [-0.2, 0) is 11.2 Å². The Morgan fingerprint density at radius 1 is 1.17 bits per heavy atom. The number of carbonyl (C=O) groups is 1. The number of oxazole rings is 1. The summed E-state index contributed by atoms with van der Waals surface area (Å²) in [5.74, 6) is 2.56. The van der Waals surface area contributed by atoms with Crippen LogP contribution in [-0.4, -0.2) is 23.0 Å². The van der Waals surface area contributed by atoms with Crippen molar-refractivity contribution < 1.29 is 9.21 Å². The van der Waals surface area contributed by atoms with Crippen LogP contribution in [0.1, 0.15) is 50.0 Å². The lowest BCUT2D eigenvalue weighted by atomic mass is 9.67. The topological polar surface area (TPSA) is 81.2 Å². The first-order valence-electron chi connectivity index (χ1n) is 10.1. The van der Waals surface area contributed by atoms with Gasteiger partial charge in [0.25, 0.3) is 0 Å². The number of aryl methyl sites for hydroxylation is 2. The molecule has 3 N–H and O–H groups in total. The molecule has 1 heterocycles. The van der Waals surface area contributed by atoms with Crippen LogP contribution < -0.4 is 11.1 Å². The summed E-state index contributed by atoms with van der Waals surface area (Å²) in [6, 6.07) is 8.77. The van der Waals surface area contributed by atoms with Crippen molar-refractivity contribution in [1.29, 1.82) is 0 Å². The third kappa shape index (κ3) is 5.74. The van der Waals surface area contributed by atoms with Gasteiger partial charge in [0, 0.05) is 30.5 Å². The van der Waals surface area contributed by atoms with Crippen LogP contribution in [0.5, 0.6) is 0 Å². The number of nitrogens with one attached hydrogen (secondary N) is 1. The molecule has 29 heavy (non-hydrogen) atoms. The first-order valence-corrected chi connectivity index (χ1v) is 10.1. The van der Waals surface area contributed by atoms with Crippen LogP contribution in [0.25, 0.3) is 11.3 Å². The van der Waals surface area contributed by atoms with Crippen molar-refractivity contribution >= 4 is 30.7 Å². The van der Waals surface area contributed by atoms with Gasteiger partial charge in [-0.25, -0.2) is 4.98 Å². The first kappa shape index (κ1) is 23.7. The van der Waals surface area contributed by atoms with E-state index in [1.165, 1.54) is 24.8 Å². The Hall–Kier alpha value is -1.56. The molecular formula is C22H31Cl2N3O2. The monoisotopic (exact) mass is 439 g/mol. The van der Waals surface area contributed by atoms with Gasteiger partial charge in [-0.1, -0.05) is 36.2 Å². The lowest BCUT2D eigenvalue weighted by molar-refractivity contribution is -0.123. The van der Waals surface area contributed by atoms with E-state index in [1.54, 1.807) is 6.20 Å². The molecule has 0 radical (unpaired) electrons. The fourth-order valence-electron chi connectivity index (χ4n) is 4.78. The summed E-state index contributed by atoms with van der Waals surface area (Å²) < 4.78 is 5.83. The maximum absolute atomic E-state index is 12.5. The zero-order chi connectivity index (χ0) is 18.8. The molecule has 2 saturated carbocycles. The van der Waals surface area contributed by atoms with Crippen molar-refractivity contribution in [3.63, 3.8) is 0 Å². The van der Waals surface area contributed by atoms with Crippen LogP contribution >= 0.6 is 24.8 Å². The van der Waals surface area contributed by atoms with Gasteiger partial charge in [-0.05, 0) is 44.4 Å². The van der Waals surface area contributed by atoms with Crippen molar-refractivity contribution in [3.05, 3.63) is 41.9 Å². The van der Waals surface area contributed by atoms with E-state index in [0.29, 0.717) is 42.7 Å². The maximum atomic E-state index is 12.5. The van der Waals surface area contributed by atoms with Gasteiger partial charge < -0.3 is 15.5 Å². The summed E-state index contributed by atoms with van der Waals surface area (Å²) in [7, 11) is 0. The van der Waals surface area contributed by atoms with E-state index in [4.69, 9.17) is 10.2 Å². The quantitative estimate of drug-likeness (QED) is 0.720. The number of aromatic nitrogens is 1. The summed E-state index contributed by atoms with van der Waals surface area (Å²) >= 11 is 0. The molecule has 1 aromatic heterocycles. The van der Waals surface area contributed by atoms with Gasteiger partial charge in [0.15, 0.2) is 11.7 Å². The molecule has 7 heteroatoms. The predicted octanol–water partition coefficient (Wildman–Crippen LogP) is 4.45. The normalized spacial score (nSPS) is 25.4. The number of carbonyl (C=O) groups excluding carboxylic acids is 1. The molecule has 2 aliphatic rings. The van der Waals surface area contributed by atoms with Gasteiger partial charge >= 0.3 is 0 Å². The molecule has 2 atom stereocenters. The number of hydrogen-bond acceptors (Lipinski definition) is 4. The second-order valence-electron chi connectivity index (χ2n) is 8.26. The van der Waals surface area contributed by atoms with E-state index in [9.17, 15) is 4.79 Å². The number of benzene rings is 1. The minimum absolute atomic E-state index is 0. The molecular weight excluding hydrogens is 409 g/mol. The SMILES string of the molecule is Cc1ccc(-c2cnc(CCC(=O)NC3C4CCCC3CC(N)C4)o2)cc1.Cl.Cl. The highest BCUT2D eigenvalue weighted by atomic mass is 35.5. The van der Waals surface area contributed by atoms with Crippen LogP contribution in [0.3, 0.4) is 0 Å². The van der Waals surface area contributed by atoms with Gasteiger partial charge in [0.05, 0.1) is 6.20 Å². The highest BCUT2D eigenvalue weighted by Crippen LogP contribution is 2.39. The first-order chi connectivity index (χ1) is 13.1. The average molecular weight is 440 g/mol. The number of halogens is 2. The van der Waals surface area contributed by atoms with E-state index >= 15 is 0 Å². The number of fused-ring (bicyclic) bond motifs is 2. The standard InChI is InChI=1S/C22H29N3O2.2ClH/c1-14-5-7-15(8-6-14)19-13-24-21(27-19)10-9-20(26)25-22-16-3-2-4-17(22)12-18(23)11-16;;/h5-8,13,16-18,22H,2-4,9-12,23H2,1H3,(H,25,26);2*1H. The molecule has 4 rings (SSSR count). The molecule has 2 fully saturated rings. The summed E-state index contributed by atoms with van der Waals surface area (Å²) in [5.41, 5.74) is 8.40. The van der Waals surface area contributed by atoms with Crippen LogP contribution in [0.4, 0.5) is 0 Å². The average Bonchev–Trinajstić information content (AvgIpc) is 3.10. The fraction of sp³-hybridized carbons (Fsp3) is 0.545. The fourth-order valence-corrected chi connectivity index (χ4v) is 4.78. The third-order valence-corrected chi connectivity index (χ3v) is 6.16. The van der Waals surface area contributed by atoms with Gasteiger partial charge in [0.2, 0.25) is 5.91 Å². The van der Waals surface area contributed by atoms with Gasteiger partial charge in [0.1, 0.15) is 0 Å². The number of amides is 1. The zero-order valence-corrected chi connectivity index (χ0v) is 18.4. The zero-order valence-electron chi connectivity index (χ0n) is 16.8. The van der Waals surface area contributed by atoms with E-state index in [1.807, 2.05) is 12.1 Å². The minimum atomic E-state index is 0. The van der Waals surface area contributed by atoms with E-state index in [0.717, 1.165) is 24.2 Å². The largest absolute Gasteiger partial charge is 0.441 e. The van der Waals surface area contributed by atoms with E-state index in [2.05, 4.69) is 29.4 Å². The minimum Gasteiger partial charge on any atom is -0.441 e. The van der Waals surface area contributed by atoms with Crippen molar-refractivity contribution in [3.8, 4) is 11.3 Å². The van der Waals surface area contributed by atoms with Gasteiger partial charge in [-0.3, -0.25) is 4.79 Å². The summed E-state index contributed by atoms with van der Waals surface area (Å²) in [6.45, 7) is 2.06. The van der Waals surface area contributed by atoms with E-state index in [-0.39, 0.29) is 30.7 Å². The Kier molecular flexibility index (Phi) is 8.56. The van der Waals surface area contributed by atoms with Crippen LogP contribution in [0.15, 0.2) is 34.9 Å². The highest BCUT2D eigenvalue weighted by Gasteiger charge is 2.39. The van der Waals surface area contributed by atoms with Crippen molar-refractivity contribution in [2.24, 2.45) is 17.6 Å². The molecule has 2 aliphatic carbocycles. The lowest BCUT2D eigenvalue weighted by Gasteiger charge is -2.45. The molecule has 160 valence electrons. The summed E-state index contributed by atoms with van der Waals surface area (Å²) in [4.78, 5) is 16.8. The van der Waals surface area contributed by atoms with Crippen LogP contribution in [0.2, 0.25) is 0 Å². The maximum Gasteiger partial charge on any atom is 0.220 e. The third-order valence-electron chi connectivity index (χ3n) is 6.16. The molecule has 2 bridgehead atoms. The number of rotatable bonds is 5. The lowest BCUT2D eigenvalue weighted by Crippen LogP contribution is -2.53. The summed E-state index contributed by atoms with van der Waals surface area (Å²) in [5, 5.41) is 3.29. The smallest absolute Gasteiger partial charge is 0.220 e. The Bertz CT molecular complexity index is 780. The second-order valence-corrected chi connectivity index (χ2v) is 8.26. The molecule has 0 aliphatic heterocycles. The molecule has 5 nitrogen and oxygen atoms in total. The van der Waals surface area contributed by atoms with Crippen molar-refractivity contribution in [1.82, 2.24) is 10.3 Å². The number of nitrogens with two attached hydrogens (primary N) is 1. The second kappa shape index (κ2) is 10.5. The van der Waals surface area contributed by atoms with Crippen LogP contribution in [0, 0.1) is 18.8 Å². The molecule has 0 spiro atoms. The molecule has 1 aromatic carbocycles. The Morgan fingerprint density at radius 3 is 2.48 bits per heavy atom. The van der Waals surface area contributed by atoms with Gasteiger partial charge in [-0.15, -0.1) is 24.8 Å². The van der Waals surface area contributed by atoms with E-state index < -0.39 is 0 Å². The van der Waals surface area contributed by atoms with Crippen molar-refractivity contribution in [2.75, 3.05) is 0 Å². The predicted molar refractivity (Wildman–Crippen MR) is 119 cm³/mol. The molecule has 2 unspecified atom stereocenters. The number of hydrogen-bond donors (Lipinski definition) is 2. The Balaban J connectivity index is 0.00000150. The molecule has 0 saturated heterocycles. The number of nitrogens with zero attached hydrogens (tertiary/aromatic N) is 1.